The lowest BCUT2D eigenvalue weighted by atomic mass is 9.96. The molecule has 138 valence electrons. The van der Waals surface area contributed by atoms with Crippen molar-refractivity contribution in [3.05, 3.63) is 39.6 Å². The summed E-state index contributed by atoms with van der Waals surface area (Å²) in [6.07, 6.45) is 0. The molecule has 0 bridgehead atoms. The maximum Gasteiger partial charge on any atom is 0.326 e. The van der Waals surface area contributed by atoms with Crippen LogP contribution in [0.3, 0.4) is 0 Å². The molecule has 0 saturated carbocycles. The summed E-state index contributed by atoms with van der Waals surface area (Å²) < 4.78 is 6.91. The van der Waals surface area contributed by atoms with Gasteiger partial charge in [-0.25, -0.2) is 4.79 Å². The molecule has 2 aromatic heterocycles. The van der Waals surface area contributed by atoms with Gasteiger partial charge in [-0.05, 0) is 39.8 Å². The fourth-order valence-electron chi connectivity index (χ4n) is 3.28. The molecule has 0 amide bonds. The number of aromatic amines is 1. The molecule has 0 atom stereocenters. The number of aromatic nitrogens is 3. The quantitative estimate of drug-likeness (QED) is 0.424. The van der Waals surface area contributed by atoms with Gasteiger partial charge in [-0.3, -0.25) is 9.56 Å². The minimum absolute atomic E-state index is 0. The number of aliphatic imine (C=N–C) groups is 1. The van der Waals surface area contributed by atoms with Gasteiger partial charge in [0.25, 0.3) is 0 Å². The molecular weight excluding hydrogens is 332 g/mol. The van der Waals surface area contributed by atoms with Crippen molar-refractivity contribution in [1.82, 2.24) is 14.7 Å². The number of benzene rings is 1. The summed E-state index contributed by atoms with van der Waals surface area (Å²) in [4.78, 5) is 19.5. The zero-order valence-corrected chi connectivity index (χ0v) is 15.5. The van der Waals surface area contributed by atoms with Crippen LogP contribution in [-0.2, 0) is 7.05 Å². The number of aryl methyl sites for hydroxylation is 3. The third-order valence-electron chi connectivity index (χ3n) is 4.43. The van der Waals surface area contributed by atoms with Gasteiger partial charge in [0.15, 0.2) is 0 Å². The molecular formula is C18H24N6O2. The van der Waals surface area contributed by atoms with Crippen LogP contribution in [0.1, 0.15) is 32.3 Å². The zero-order chi connectivity index (χ0) is 19.0. The Morgan fingerprint density at radius 2 is 2.15 bits per heavy atom. The average molecular weight is 356 g/mol. The number of imidazole rings is 1. The first-order valence-electron chi connectivity index (χ1n) is 8.34. The number of fused-ring (bicyclic) bond motifs is 1. The molecule has 1 aromatic carbocycles. The van der Waals surface area contributed by atoms with Crippen LogP contribution >= 0.6 is 0 Å². The highest BCUT2D eigenvalue weighted by atomic mass is 16.5. The second-order valence-electron chi connectivity index (χ2n) is 6.15. The van der Waals surface area contributed by atoms with Gasteiger partial charge < -0.3 is 15.3 Å². The van der Waals surface area contributed by atoms with Crippen molar-refractivity contribution >= 4 is 22.5 Å². The summed E-state index contributed by atoms with van der Waals surface area (Å²) in [5.41, 5.74) is 5.78. The van der Waals surface area contributed by atoms with Crippen LogP contribution in [0.15, 0.2) is 31.5 Å². The molecule has 0 aliphatic rings. The Hall–Kier alpha value is -3.16. The predicted octanol–water partition coefficient (Wildman–Crippen LogP) is 2.53. The Labute approximate surface area is 151 Å². The van der Waals surface area contributed by atoms with Gasteiger partial charge in [0.05, 0.1) is 22.4 Å². The van der Waals surface area contributed by atoms with Crippen molar-refractivity contribution in [2.45, 2.75) is 27.7 Å². The third kappa shape index (κ3) is 2.73. The number of H-pyrrole nitrogens is 1. The molecule has 3 aromatic rings. The van der Waals surface area contributed by atoms with E-state index in [1.54, 1.807) is 11.6 Å². The van der Waals surface area contributed by atoms with E-state index in [1.807, 2.05) is 39.8 Å². The van der Waals surface area contributed by atoms with Crippen LogP contribution in [0.4, 0.5) is 0 Å². The topological polar surface area (TPSA) is 115 Å². The number of hydrogen-bond donors (Lipinski definition) is 2. The fraction of sp³-hybridized carbons (Fsp3) is 0.333. The number of nitrogens with zero attached hydrogens (tertiary/aromatic N) is 4. The normalized spacial score (nSPS) is 13.0. The highest BCUT2D eigenvalue weighted by Gasteiger charge is 2.20. The van der Waals surface area contributed by atoms with Crippen LogP contribution in [0, 0.1) is 13.8 Å². The number of nitrogens with two attached hydrogens (primary N) is 1. The molecule has 0 spiro atoms. The molecule has 8 heteroatoms. The molecule has 3 rings (SSSR count). The maximum absolute atomic E-state index is 12.2. The summed E-state index contributed by atoms with van der Waals surface area (Å²) in [5.74, 6) is 6.32. The van der Waals surface area contributed by atoms with Gasteiger partial charge >= 0.3 is 5.69 Å². The Morgan fingerprint density at radius 1 is 1.42 bits per heavy atom. The predicted molar refractivity (Wildman–Crippen MR) is 105 cm³/mol. The molecule has 8 nitrogen and oxygen atoms in total. The van der Waals surface area contributed by atoms with Crippen LogP contribution < -0.4 is 11.5 Å². The van der Waals surface area contributed by atoms with Crippen LogP contribution in [0.2, 0.25) is 0 Å². The fourth-order valence-corrected chi connectivity index (χ4v) is 3.28. The smallest absolute Gasteiger partial charge is 0.326 e. The van der Waals surface area contributed by atoms with Crippen molar-refractivity contribution in [1.29, 1.82) is 0 Å². The van der Waals surface area contributed by atoms with E-state index in [2.05, 4.69) is 20.2 Å². The van der Waals surface area contributed by atoms with E-state index in [1.165, 1.54) is 0 Å². The number of hydrazone groups is 1. The molecule has 26 heavy (non-hydrogen) atoms. The maximum atomic E-state index is 12.2. The van der Waals surface area contributed by atoms with Crippen molar-refractivity contribution < 1.29 is 5.95 Å². The van der Waals surface area contributed by atoms with Gasteiger partial charge in [0.2, 0.25) is 0 Å². The number of hydrogen-bond acceptors (Lipinski definition) is 6. The highest BCUT2D eigenvalue weighted by Crippen LogP contribution is 2.33. The van der Waals surface area contributed by atoms with E-state index >= 15 is 0 Å². The SMILES string of the molecule is CCN=C(C)/C(=N\N)c1cc(-c2c(C)noc2C)c2c(c1)[nH]c(=O)n2C.[HH]. The average Bonchev–Trinajstić information content (AvgIpc) is 3.07. The first-order chi connectivity index (χ1) is 12.4. The van der Waals surface area contributed by atoms with Crippen molar-refractivity contribution in [3.63, 3.8) is 0 Å². The Bertz CT molecular complexity index is 1080. The minimum Gasteiger partial charge on any atom is -0.361 e. The summed E-state index contributed by atoms with van der Waals surface area (Å²) in [5, 5.41) is 7.97. The van der Waals surface area contributed by atoms with Crippen molar-refractivity contribution in [3.8, 4) is 11.1 Å². The van der Waals surface area contributed by atoms with E-state index in [0.29, 0.717) is 23.5 Å². The van der Waals surface area contributed by atoms with Crippen molar-refractivity contribution in [2.75, 3.05) is 6.54 Å². The van der Waals surface area contributed by atoms with E-state index in [9.17, 15) is 4.79 Å². The number of nitrogens with one attached hydrogen (secondary N) is 1. The summed E-state index contributed by atoms with van der Waals surface area (Å²) in [7, 11) is 1.73. The van der Waals surface area contributed by atoms with Crippen molar-refractivity contribution in [2.24, 2.45) is 23.0 Å². The number of rotatable bonds is 4. The summed E-state index contributed by atoms with van der Waals surface area (Å²) in [6.45, 7) is 8.16. The van der Waals surface area contributed by atoms with Crippen LogP contribution in [0.25, 0.3) is 22.2 Å². The molecule has 3 N–H and O–H groups in total. The van der Waals surface area contributed by atoms with E-state index < -0.39 is 0 Å². The van der Waals surface area contributed by atoms with E-state index in [0.717, 1.165) is 33.6 Å². The first-order valence-corrected chi connectivity index (χ1v) is 8.34. The lowest BCUT2D eigenvalue weighted by molar-refractivity contribution is 0.393. The largest absolute Gasteiger partial charge is 0.361 e. The monoisotopic (exact) mass is 356 g/mol. The molecule has 0 aliphatic heterocycles. The zero-order valence-electron chi connectivity index (χ0n) is 15.5. The molecule has 0 fully saturated rings. The van der Waals surface area contributed by atoms with Gasteiger partial charge in [-0.15, -0.1) is 0 Å². The molecule has 0 unspecified atom stereocenters. The Kier molecular flexibility index (Phi) is 4.50. The van der Waals surface area contributed by atoms with Gasteiger partial charge in [-0.1, -0.05) is 5.16 Å². The first kappa shape index (κ1) is 17.7. The Balaban J connectivity index is 0.00000261. The second-order valence-corrected chi connectivity index (χ2v) is 6.15. The van der Waals surface area contributed by atoms with Gasteiger partial charge in [0, 0.05) is 31.7 Å². The standard InChI is InChI=1S/C18H22N6O2.H2/c1-6-20-10(3)16(22-19)12-7-13(15-9(2)23-26-11(15)4)17-14(8-12)21-18(25)24(17)5;/h7-8H,6,19H2,1-5H3,(H,21,25);1H/b20-10?,22-16+;. The second kappa shape index (κ2) is 6.62. The molecule has 2 heterocycles. The summed E-state index contributed by atoms with van der Waals surface area (Å²) in [6, 6.07) is 3.81. The van der Waals surface area contributed by atoms with E-state index in [-0.39, 0.29) is 7.12 Å². The van der Waals surface area contributed by atoms with Crippen LogP contribution in [-0.4, -0.2) is 32.7 Å². The van der Waals surface area contributed by atoms with Gasteiger partial charge in [0.1, 0.15) is 11.5 Å². The molecule has 0 radical (unpaired) electrons. The molecule has 0 aliphatic carbocycles. The minimum atomic E-state index is -0.199. The third-order valence-corrected chi connectivity index (χ3v) is 4.43. The highest BCUT2D eigenvalue weighted by molar-refractivity contribution is 6.48. The Morgan fingerprint density at radius 3 is 2.73 bits per heavy atom. The van der Waals surface area contributed by atoms with Gasteiger partial charge in [-0.2, -0.15) is 5.10 Å². The van der Waals surface area contributed by atoms with Crippen LogP contribution in [0.5, 0.6) is 0 Å². The van der Waals surface area contributed by atoms with E-state index in [4.69, 9.17) is 10.4 Å². The molecule has 0 saturated heterocycles. The lowest BCUT2D eigenvalue weighted by Gasteiger charge is -2.10. The summed E-state index contributed by atoms with van der Waals surface area (Å²) >= 11 is 0. The lowest BCUT2D eigenvalue weighted by Crippen LogP contribution is -2.15.